The molecule has 36 heavy (non-hydrogen) atoms. The number of nitrogens with one attached hydrogen (secondary N) is 1. The van der Waals surface area contributed by atoms with Gasteiger partial charge >= 0.3 is 6.09 Å². The lowest BCUT2D eigenvalue weighted by molar-refractivity contribution is 0.0169. The number of hydrogen-bond donors (Lipinski definition) is 1. The number of hydrogen-bond acceptors (Lipinski definition) is 4. The van der Waals surface area contributed by atoms with Gasteiger partial charge in [0.05, 0.1) is 5.54 Å². The molecule has 1 saturated heterocycles. The Morgan fingerprint density at radius 2 is 1.47 bits per heavy atom. The number of carbonyl (C=O) groups excluding carboxylic acids is 1. The minimum absolute atomic E-state index is 0.379. The molecule has 0 bridgehead atoms. The van der Waals surface area contributed by atoms with E-state index >= 15 is 0 Å². The van der Waals surface area contributed by atoms with Crippen molar-refractivity contribution in [3.8, 4) is 0 Å². The first-order valence-electron chi connectivity index (χ1n) is 12.4. The van der Waals surface area contributed by atoms with E-state index in [1.807, 2.05) is 88.4 Å². The summed E-state index contributed by atoms with van der Waals surface area (Å²) in [5.74, 6) is 0. The van der Waals surface area contributed by atoms with E-state index in [1.54, 1.807) is 11.0 Å². The second-order valence-corrected chi connectivity index (χ2v) is 18.1. The zero-order valence-corrected chi connectivity index (χ0v) is 24.4. The van der Waals surface area contributed by atoms with Gasteiger partial charge in [0.15, 0.2) is 0 Å². The van der Waals surface area contributed by atoms with Crippen LogP contribution in [-0.4, -0.2) is 45.3 Å². The molecule has 3 rings (SSSR count). The minimum Gasteiger partial charge on any atom is -0.444 e. The van der Waals surface area contributed by atoms with Gasteiger partial charge in [-0.05, 0) is 62.0 Å². The Kier molecular flexibility index (Phi) is 7.94. The summed E-state index contributed by atoms with van der Waals surface area (Å²) in [4.78, 5) is 14.5. The number of sulfonamides is 1. The second kappa shape index (κ2) is 10.1. The molecule has 6 nitrogen and oxygen atoms in total. The van der Waals surface area contributed by atoms with Gasteiger partial charge in [-0.15, -0.1) is 0 Å². The van der Waals surface area contributed by atoms with Crippen LogP contribution in [0.3, 0.4) is 0 Å². The smallest absolute Gasteiger partial charge is 0.410 e. The first-order valence-corrected chi connectivity index (χ1v) is 16.0. The average Bonchev–Trinajstić information content (AvgIpc) is 3.18. The van der Waals surface area contributed by atoms with Gasteiger partial charge in [0.2, 0.25) is 18.3 Å². The van der Waals surface area contributed by atoms with Crippen LogP contribution < -0.4 is 14.8 Å². The summed E-state index contributed by atoms with van der Waals surface area (Å²) < 4.78 is 36.3. The molecular weight excluding hydrogens is 488 g/mol. The quantitative estimate of drug-likeness (QED) is 0.548. The molecule has 1 fully saturated rings. The standard InChI is InChI=1S/C28H40N2O4SSi/c1-26(2,3)34-25(31)30-21-14-19-28(30,7)20-22-35(32,33)29-36(27(4,5)6,23-15-10-8-11-16-23)24-17-12-9-13-18-24/h8-13,15-18,20,22,29H,14,19,21H2,1-7H3/b22-20+/t28-/m0/s1. The minimum atomic E-state index is -3.88. The molecule has 0 unspecified atom stereocenters. The predicted molar refractivity (Wildman–Crippen MR) is 149 cm³/mol. The second-order valence-electron chi connectivity index (χ2n) is 11.8. The molecule has 0 saturated carbocycles. The lowest BCUT2D eigenvalue weighted by Gasteiger charge is -2.43. The fourth-order valence-corrected chi connectivity index (χ4v) is 13.0. The van der Waals surface area contributed by atoms with Crippen molar-refractivity contribution in [2.24, 2.45) is 0 Å². The fraction of sp³-hybridized carbons (Fsp3) is 0.464. The molecule has 0 aromatic heterocycles. The van der Waals surface area contributed by atoms with Crippen molar-refractivity contribution in [3.05, 3.63) is 72.1 Å². The van der Waals surface area contributed by atoms with Crippen molar-refractivity contribution >= 4 is 34.7 Å². The third kappa shape index (κ3) is 6.10. The Hall–Kier alpha value is -2.42. The number of amides is 1. The molecule has 1 aliphatic rings. The van der Waals surface area contributed by atoms with Crippen LogP contribution in [0.15, 0.2) is 72.1 Å². The summed E-state index contributed by atoms with van der Waals surface area (Å²) >= 11 is 0. The van der Waals surface area contributed by atoms with Crippen LogP contribution in [0.5, 0.6) is 0 Å². The van der Waals surface area contributed by atoms with E-state index in [-0.39, 0.29) is 5.04 Å². The maximum atomic E-state index is 13.7. The van der Waals surface area contributed by atoms with Gasteiger partial charge in [0.25, 0.3) is 0 Å². The normalized spacial score (nSPS) is 19.6. The van der Waals surface area contributed by atoms with Gasteiger partial charge in [-0.25, -0.2) is 17.6 Å². The molecular formula is C28H40N2O4SSi. The first kappa shape index (κ1) is 28.2. The highest BCUT2D eigenvalue weighted by Gasteiger charge is 2.50. The summed E-state index contributed by atoms with van der Waals surface area (Å²) in [5.41, 5.74) is -1.37. The lowest BCUT2D eigenvalue weighted by Crippen LogP contribution is -2.74. The van der Waals surface area contributed by atoms with Gasteiger partial charge in [-0.2, -0.15) is 0 Å². The Labute approximate surface area is 217 Å². The SMILES string of the molecule is CC(C)(C)OC(=O)N1CCC[C@@]1(C)/C=C/S(=O)(=O)N[Si](c1ccccc1)(c1ccccc1)C(C)(C)C. The summed E-state index contributed by atoms with van der Waals surface area (Å²) in [5, 5.41) is 2.84. The van der Waals surface area contributed by atoms with Gasteiger partial charge in [0.1, 0.15) is 5.60 Å². The largest absolute Gasteiger partial charge is 0.444 e. The third-order valence-corrected chi connectivity index (χ3v) is 14.2. The van der Waals surface area contributed by atoms with Crippen molar-refractivity contribution in [1.29, 1.82) is 0 Å². The Balaban J connectivity index is 2.02. The van der Waals surface area contributed by atoms with Gasteiger partial charge in [-0.3, -0.25) is 4.90 Å². The Morgan fingerprint density at radius 1 is 0.972 bits per heavy atom. The number of rotatable bonds is 6. The van der Waals surface area contributed by atoms with Crippen LogP contribution in [-0.2, 0) is 14.8 Å². The lowest BCUT2D eigenvalue weighted by atomic mass is 10.00. The number of nitrogens with zero attached hydrogens (tertiary/aromatic N) is 1. The fourth-order valence-electron chi connectivity index (χ4n) is 4.94. The summed E-state index contributed by atoms with van der Waals surface area (Å²) in [7, 11) is -6.93. The van der Waals surface area contributed by atoms with E-state index < -0.39 is 35.5 Å². The van der Waals surface area contributed by atoms with Crippen molar-refractivity contribution in [3.63, 3.8) is 0 Å². The van der Waals surface area contributed by atoms with Gasteiger partial charge in [-0.1, -0.05) is 81.4 Å². The number of carbonyl (C=O) groups is 1. The predicted octanol–water partition coefficient (Wildman–Crippen LogP) is 4.77. The van der Waals surface area contributed by atoms with Crippen molar-refractivity contribution in [1.82, 2.24) is 9.29 Å². The van der Waals surface area contributed by atoms with Crippen molar-refractivity contribution < 1.29 is 17.9 Å². The molecule has 0 spiro atoms. The number of likely N-dealkylation sites (tertiary alicyclic amines) is 1. The highest BCUT2D eigenvalue weighted by molar-refractivity contribution is 7.94. The first-order chi connectivity index (χ1) is 16.6. The zero-order valence-electron chi connectivity index (χ0n) is 22.5. The molecule has 196 valence electrons. The molecule has 2 aromatic carbocycles. The Bertz CT molecular complexity index is 1150. The van der Waals surface area contributed by atoms with Crippen LogP contribution in [0.4, 0.5) is 4.79 Å². The van der Waals surface area contributed by atoms with Gasteiger partial charge < -0.3 is 4.74 Å². The molecule has 2 aromatic rings. The average molecular weight is 529 g/mol. The van der Waals surface area contributed by atoms with E-state index in [2.05, 4.69) is 25.2 Å². The van der Waals surface area contributed by atoms with E-state index in [4.69, 9.17) is 4.74 Å². The molecule has 1 atom stereocenters. The molecule has 1 heterocycles. The van der Waals surface area contributed by atoms with Crippen LogP contribution in [0.25, 0.3) is 0 Å². The molecule has 0 aliphatic carbocycles. The van der Waals surface area contributed by atoms with Crippen molar-refractivity contribution in [2.45, 2.75) is 77.5 Å². The molecule has 1 amide bonds. The van der Waals surface area contributed by atoms with Crippen LogP contribution in [0.1, 0.15) is 61.3 Å². The number of benzene rings is 2. The molecule has 8 heteroatoms. The van der Waals surface area contributed by atoms with Crippen LogP contribution in [0, 0.1) is 0 Å². The monoisotopic (exact) mass is 528 g/mol. The van der Waals surface area contributed by atoms with E-state index in [1.165, 1.54) is 5.41 Å². The van der Waals surface area contributed by atoms with E-state index in [0.717, 1.165) is 16.8 Å². The van der Waals surface area contributed by atoms with E-state index in [9.17, 15) is 13.2 Å². The maximum absolute atomic E-state index is 13.7. The molecule has 0 radical (unpaired) electrons. The third-order valence-electron chi connectivity index (χ3n) is 6.74. The van der Waals surface area contributed by atoms with Crippen molar-refractivity contribution in [2.75, 3.05) is 6.54 Å². The molecule has 1 N–H and O–H groups in total. The summed E-state index contributed by atoms with van der Waals surface area (Å²) in [6, 6.07) is 19.7. The highest BCUT2D eigenvalue weighted by atomic mass is 32.2. The summed E-state index contributed by atoms with van der Waals surface area (Å²) in [6.45, 7) is 14.2. The maximum Gasteiger partial charge on any atom is 0.410 e. The van der Waals surface area contributed by atoms with Crippen LogP contribution in [0.2, 0.25) is 5.04 Å². The number of ether oxygens (including phenoxy) is 1. The summed E-state index contributed by atoms with van der Waals surface area (Å²) in [6.07, 6.45) is 2.66. The molecule has 1 aliphatic heterocycles. The topological polar surface area (TPSA) is 75.7 Å². The Morgan fingerprint density at radius 3 is 1.92 bits per heavy atom. The van der Waals surface area contributed by atoms with Gasteiger partial charge in [0, 0.05) is 12.0 Å². The zero-order chi connectivity index (χ0) is 26.8. The highest BCUT2D eigenvalue weighted by Crippen LogP contribution is 2.35. The van der Waals surface area contributed by atoms with Crippen LogP contribution >= 0.6 is 0 Å². The van der Waals surface area contributed by atoms with E-state index in [0.29, 0.717) is 13.0 Å².